The lowest BCUT2D eigenvalue weighted by molar-refractivity contribution is -0.394. The predicted molar refractivity (Wildman–Crippen MR) is 72.1 cm³/mol. The van der Waals surface area contributed by atoms with Gasteiger partial charge in [-0.1, -0.05) is 0 Å². The molecule has 0 amide bonds. The van der Waals surface area contributed by atoms with E-state index in [0.29, 0.717) is 5.76 Å². The fraction of sp³-hybridized carbons (Fsp3) is 0.0769. The molecule has 7 heteroatoms. The van der Waals surface area contributed by atoms with Crippen LogP contribution in [0.5, 0.6) is 0 Å². The van der Waals surface area contributed by atoms with Crippen molar-refractivity contribution in [3.8, 4) is 0 Å². The first-order chi connectivity index (χ1) is 9.47. The summed E-state index contributed by atoms with van der Waals surface area (Å²) in [6.07, 6.45) is 3.06. The minimum Gasteiger partial charge on any atom is -0.462 e. The summed E-state index contributed by atoms with van der Waals surface area (Å²) in [5, 5.41) is 21.6. The number of hydrogen-bond donors (Lipinski definition) is 0. The summed E-state index contributed by atoms with van der Waals surface area (Å²) in [5.74, 6) is 1.28. The molecule has 2 rings (SSSR count). The summed E-state index contributed by atoms with van der Waals surface area (Å²) in [7, 11) is 0. The average molecular weight is 274 g/mol. The Morgan fingerprint density at radius 1 is 1.05 bits per heavy atom. The van der Waals surface area contributed by atoms with Crippen molar-refractivity contribution < 1.29 is 14.3 Å². The van der Waals surface area contributed by atoms with Gasteiger partial charge in [-0.2, -0.15) is 0 Å². The van der Waals surface area contributed by atoms with E-state index < -0.39 is 9.85 Å². The molecule has 0 fully saturated rings. The number of nitrogens with zero attached hydrogens (tertiary/aromatic N) is 2. The molecule has 0 radical (unpaired) electrons. The van der Waals surface area contributed by atoms with E-state index in [1.54, 1.807) is 25.1 Å². The molecule has 1 heterocycles. The lowest BCUT2D eigenvalue weighted by atomic mass is 10.1. The molecule has 2 aromatic rings. The van der Waals surface area contributed by atoms with Crippen LogP contribution in [-0.2, 0) is 0 Å². The van der Waals surface area contributed by atoms with E-state index in [1.165, 1.54) is 18.2 Å². The predicted octanol–water partition coefficient (Wildman–Crippen LogP) is 3.57. The fourth-order valence-corrected chi connectivity index (χ4v) is 1.66. The van der Waals surface area contributed by atoms with Crippen molar-refractivity contribution in [3.63, 3.8) is 0 Å². The molecule has 0 saturated carbocycles. The van der Waals surface area contributed by atoms with Gasteiger partial charge in [0.05, 0.1) is 21.5 Å². The Labute approximate surface area is 113 Å². The Bertz CT molecular complexity index is 703. The third kappa shape index (κ3) is 2.89. The summed E-state index contributed by atoms with van der Waals surface area (Å²) in [4.78, 5) is 20.2. The number of benzene rings is 1. The first kappa shape index (κ1) is 13.5. The molecule has 0 unspecified atom stereocenters. The molecule has 0 aliphatic heterocycles. The maximum atomic E-state index is 10.9. The van der Waals surface area contributed by atoms with Crippen LogP contribution in [-0.4, -0.2) is 9.85 Å². The summed E-state index contributed by atoms with van der Waals surface area (Å²) in [6.45, 7) is 1.78. The number of nitro benzene ring substituents is 2. The number of nitro groups is 2. The highest BCUT2D eigenvalue weighted by molar-refractivity contribution is 5.73. The van der Waals surface area contributed by atoms with E-state index in [0.717, 1.165) is 11.8 Å². The quantitative estimate of drug-likeness (QED) is 0.626. The second-order valence-corrected chi connectivity index (χ2v) is 4.04. The van der Waals surface area contributed by atoms with Gasteiger partial charge in [0, 0.05) is 6.07 Å². The van der Waals surface area contributed by atoms with Crippen LogP contribution in [0, 0.1) is 27.2 Å². The van der Waals surface area contributed by atoms with Crippen LogP contribution in [0.2, 0.25) is 0 Å². The van der Waals surface area contributed by atoms with Gasteiger partial charge in [0.2, 0.25) is 0 Å². The van der Waals surface area contributed by atoms with E-state index in [-0.39, 0.29) is 16.9 Å². The van der Waals surface area contributed by atoms with Gasteiger partial charge in [0.1, 0.15) is 11.5 Å². The van der Waals surface area contributed by atoms with Gasteiger partial charge < -0.3 is 4.42 Å². The van der Waals surface area contributed by atoms with Crippen LogP contribution < -0.4 is 0 Å². The van der Waals surface area contributed by atoms with Gasteiger partial charge in [-0.25, -0.2) is 0 Å². The van der Waals surface area contributed by atoms with Crippen LogP contribution in [0.4, 0.5) is 11.4 Å². The third-order valence-electron chi connectivity index (χ3n) is 2.61. The van der Waals surface area contributed by atoms with Crippen LogP contribution in [0.3, 0.4) is 0 Å². The van der Waals surface area contributed by atoms with Gasteiger partial charge in [-0.3, -0.25) is 20.2 Å². The number of aryl methyl sites for hydroxylation is 1. The van der Waals surface area contributed by atoms with Crippen molar-refractivity contribution in [1.82, 2.24) is 0 Å². The smallest absolute Gasteiger partial charge is 0.283 e. The van der Waals surface area contributed by atoms with E-state index in [4.69, 9.17) is 4.42 Å². The molecular weight excluding hydrogens is 264 g/mol. The van der Waals surface area contributed by atoms with Crippen molar-refractivity contribution in [1.29, 1.82) is 0 Å². The van der Waals surface area contributed by atoms with Gasteiger partial charge in [0.25, 0.3) is 11.4 Å². The lowest BCUT2D eigenvalue weighted by Crippen LogP contribution is -1.94. The summed E-state index contributed by atoms with van der Waals surface area (Å²) < 4.78 is 5.30. The van der Waals surface area contributed by atoms with Gasteiger partial charge in [-0.15, -0.1) is 0 Å². The van der Waals surface area contributed by atoms with E-state index in [9.17, 15) is 20.2 Å². The topological polar surface area (TPSA) is 99.4 Å². The minimum absolute atomic E-state index is 0.273. The monoisotopic (exact) mass is 274 g/mol. The molecule has 1 aromatic carbocycles. The van der Waals surface area contributed by atoms with Crippen LogP contribution in [0.25, 0.3) is 12.2 Å². The van der Waals surface area contributed by atoms with Gasteiger partial charge in [0.15, 0.2) is 0 Å². The second-order valence-electron chi connectivity index (χ2n) is 4.04. The van der Waals surface area contributed by atoms with E-state index >= 15 is 0 Å². The normalized spacial score (nSPS) is 10.8. The molecule has 1 aromatic heterocycles. The minimum atomic E-state index is -0.670. The Kier molecular flexibility index (Phi) is 3.60. The molecule has 0 saturated heterocycles. The molecule has 0 spiro atoms. The first-order valence-electron chi connectivity index (χ1n) is 5.65. The molecule has 20 heavy (non-hydrogen) atoms. The van der Waals surface area contributed by atoms with E-state index in [2.05, 4.69) is 0 Å². The Balaban J connectivity index is 2.38. The largest absolute Gasteiger partial charge is 0.462 e. The third-order valence-corrected chi connectivity index (χ3v) is 2.61. The molecular formula is C13H10N2O5. The lowest BCUT2D eigenvalue weighted by Gasteiger charge is -1.97. The highest BCUT2D eigenvalue weighted by Crippen LogP contribution is 2.26. The van der Waals surface area contributed by atoms with Crippen molar-refractivity contribution in [2.45, 2.75) is 6.92 Å². The van der Waals surface area contributed by atoms with Gasteiger partial charge in [-0.05, 0) is 37.3 Å². The van der Waals surface area contributed by atoms with Crippen LogP contribution in [0.1, 0.15) is 17.1 Å². The zero-order valence-corrected chi connectivity index (χ0v) is 10.5. The molecule has 0 aliphatic carbocycles. The molecule has 102 valence electrons. The zero-order valence-electron chi connectivity index (χ0n) is 10.5. The van der Waals surface area contributed by atoms with Gasteiger partial charge >= 0.3 is 0 Å². The number of rotatable bonds is 4. The Morgan fingerprint density at radius 2 is 1.80 bits per heavy atom. The van der Waals surface area contributed by atoms with E-state index in [1.807, 2.05) is 0 Å². The maximum absolute atomic E-state index is 10.9. The highest BCUT2D eigenvalue weighted by Gasteiger charge is 2.17. The molecule has 0 aliphatic rings. The molecule has 7 nitrogen and oxygen atoms in total. The molecule has 0 bridgehead atoms. The molecule has 0 atom stereocenters. The van der Waals surface area contributed by atoms with Crippen molar-refractivity contribution in [2.75, 3.05) is 0 Å². The second kappa shape index (κ2) is 5.35. The van der Waals surface area contributed by atoms with Crippen LogP contribution >= 0.6 is 0 Å². The number of furan rings is 1. The maximum Gasteiger partial charge on any atom is 0.283 e. The number of hydrogen-bond acceptors (Lipinski definition) is 5. The van der Waals surface area contributed by atoms with Crippen molar-refractivity contribution >= 4 is 23.5 Å². The summed E-state index contributed by atoms with van der Waals surface area (Å²) >= 11 is 0. The summed E-state index contributed by atoms with van der Waals surface area (Å²) in [6, 6.07) is 6.99. The fourth-order valence-electron chi connectivity index (χ4n) is 1.66. The Morgan fingerprint density at radius 3 is 2.35 bits per heavy atom. The standard InChI is InChI=1S/C13H10N2O5/c1-9-2-6-12(20-9)7-4-10-3-5-11(14(16)17)8-13(10)15(18)19/h2-8H,1H3/b7-4+. The van der Waals surface area contributed by atoms with Crippen molar-refractivity contribution in [3.05, 3.63) is 67.6 Å². The first-order valence-corrected chi connectivity index (χ1v) is 5.65. The molecule has 0 N–H and O–H groups in total. The van der Waals surface area contributed by atoms with Crippen LogP contribution in [0.15, 0.2) is 34.7 Å². The number of non-ortho nitro benzene ring substituents is 1. The average Bonchev–Trinajstić information content (AvgIpc) is 2.81. The Hall–Kier alpha value is -2.96. The van der Waals surface area contributed by atoms with Crippen molar-refractivity contribution in [2.24, 2.45) is 0 Å². The summed E-state index contributed by atoms with van der Waals surface area (Å²) in [5.41, 5.74) is -0.365. The zero-order chi connectivity index (χ0) is 14.7. The SMILES string of the molecule is Cc1ccc(/C=C/c2ccc([N+](=O)[O-])cc2[N+](=O)[O-])o1. The highest BCUT2D eigenvalue weighted by atomic mass is 16.6.